The molecule has 3 rings (SSSR count). The standard InChI is InChI=1S/C22H20N2O3/c1-16(24-14-6-7-18(15-24)17(2)25)22(26)23-19-10-12-21(13-11-19)27-20-8-4-3-5-9-20/h3-16H,1-2H3/p+1/t16-/m0/s1. The fourth-order valence-electron chi connectivity index (χ4n) is 2.55. The highest BCUT2D eigenvalue weighted by atomic mass is 16.5. The maximum absolute atomic E-state index is 12.5. The maximum atomic E-state index is 12.5. The molecule has 2 aromatic carbocycles. The number of aromatic nitrogens is 1. The molecule has 0 saturated carbocycles. The Bertz CT molecular complexity index is 937. The smallest absolute Gasteiger partial charge is 0.293 e. The van der Waals surface area contributed by atoms with Gasteiger partial charge in [0.1, 0.15) is 11.5 Å². The number of amides is 1. The molecule has 0 aliphatic heterocycles. The van der Waals surface area contributed by atoms with Crippen LogP contribution in [-0.2, 0) is 4.79 Å². The van der Waals surface area contributed by atoms with Crippen LogP contribution in [0, 0.1) is 0 Å². The fourth-order valence-corrected chi connectivity index (χ4v) is 2.55. The molecule has 3 aromatic rings. The first-order valence-corrected chi connectivity index (χ1v) is 8.68. The van der Waals surface area contributed by atoms with E-state index in [2.05, 4.69) is 5.32 Å². The summed E-state index contributed by atoms with van der Waals surface area (Å²) in [6, 6.07) is 19.7. The maximum Gasteiger partial charge on any atom is 0.293 e. The Hall–Kier alpha value is -3.47. The molecule has 0 fully saturated rings. The summed E-state index contributed by atoms with van der Waals surface area (Å²) in [6.07, 6.45) is 3.46. The highest BCUT2D eigenvalue weighted by molar-refractivity contribution is 5.94. The number of nitrogens with one attached hydrogen (secondary N) is 1. The molecule has 0 aliphatic carbocycles. The minimum Gasteiger partial charge on any atom is -0.457 e. The molecule has 0 bridgehead atoms. The molecule has 0 spiro atoms. The van der Waals surface area contributed by atoms with E-state index in [9.17, 15) is 9.59 Å². The molecule has 1 N–H and O–H groups in total. The van der Waals surface area contributed by atoms with Crippen LogP contribution < -0.4 is 14.6 Å². The highest BCUT2D eigenvalue weighted by Gasteiger charge is 2.22. The van der Waals surface area contributed by atoms with Gasteiger partial charge in [-0.3, -0.25) is 9.59 Å². The van der Waals surface area contributed by atoms with Crippen LogP contribution in [0.4, 0.5) is 5.69 Å². The number of Topliss-reactive ketones (excluding diaryl/α,β-unsaturated/α-hetero) is 1. The monoisotopic (exact) mass is 361 g/mol. The third-order valence-corrected chi connectivity index (χ3v) is 4.16. The van der Waals surface area contributed by atoms with Crippen molar-refractivity contribution >= 4 is 17.4 Å². The highest BCUT2D eigenvalue weighted by Crippen LogP contribution is 2.22. The lowest BCUT2D eigenvalue weighted by atomic mass is 10.2. The minimum absolute atomic E-state index is 0.0361. The zero-order valence-corrected chi connectivity index (χ0v) is 15.3. The summed E-state index contributed by atoms with van der Waals surface area (Å²) in [6.45, 7) is 3.29. The molecule has 1 heterocycles. The van der Waals surface area contributed by atoms with Crippen LogP contribution in [0.1, 0.15) is 30.2 Å². The van der Waals surface area contributed by atoms with E-state index < -0.39 is 6.04 Å². The fraction of sp³-hybridized carbons (Fsp3) is 0.136. The van der Waals surface area contributed by atoms with Gasteiger partial charge in [0.2, 0.25) is 6.04 Å². The number of carbonyl (C=O) groups is 2. The van der Waals surface area contributed by atoms with E-state index in [4.69, 9.17) is 4.74 Å². The normalized spacial score (nSPS) is 11.5. The summed E-state index contributed by atoms with van der Waals surface area (Å²) >= 11 is 0. The van der Waals surface area contributed by atoms with Crippen molar-refractivity contribution in [1.29, 1.82) is 0 Å². The van der Waals surface area contributed by atoms with Gasteiger partial charge < -0.3 is 10.1 Å². The molecule has 1 amide bonds. The van der Waals surface area contributed by atoms with Gasteiger partial charge in [-0.1, -0.05) is 18.2 Å². The lowest BCUT2D eigenvalue weighted by Gasteiger charge is -2.10. The van der Waals surface area contributed by atoms with Crippen molar-refractivity contribution in [2.24, 2.45) is 0 Å². The van der Waals surface area contributed by atoms with Crippen LogP contribution in [0.3, 0.4) is 0 Å². The zero-order valence-electron chi connectivity index (χ0n) is 15.3. The number of benzene rings is 2. The van der Waals surface area contributed by atoms with Crippen molar-refractivity contribution in [2.45, 2.75) is 19.9 Å². The first-order chi connectivity index (χ1) is 13.0. The van der Waals surface area contributed by atoms with Gasteiger partial charge in [-0.25, -0.2) is 0 Å². The van der Waals surface area contributed by atoms with Gasteiger partial charge in [0.15, 0.2) is 18.2 Å². The molecule has 1 aromatic heterocycles. The molecule has 136 valence electrons. The zero-order chi connectivity index (χ0) is 19.2. The van der Waals surface area contributed by atoms with E-state index in [-0.39, 0.29) is 11.7 Å². The minimum atomic E-state index is -0.454. The number of hydrogen-bond acceptors (Lipinski definition) is 3. The van der Waals surface area contributed by atoms with E-state index in [0.29, 0.717) is 17.0 Å². The quantitative estimate of drug-likeness (QED) is 0.529. The predicted molar refractivity (Wildman–Crippen MR) is 103 cm³/mol. The molecular formula is C22H21N2O3+. The van der Waals surface area contributed by atoms with Gasteiger partial charge in [-0.15, -0.1) is 0 Å². The van der Waals surface area contributed by atoms with Crippen molar-refractivity contribution in [2.75, 3.05) is 5.32 Å². The van der Waals surface area contributed by atoms with Crippen LogP contribution in [0.5, 0.6) is 11.5 Å². The van der Waals surface area contributed by atoms with Crippen LogP contribution in [-0.4, -0.2) is 11.7 Å². The summed E-state index contributed by atoms with van der Waals surface area (Å²) < 4.78 is 7.46. The molecule has 0 saturated heterocycles. The molecule has 0 unspecified atom stereocenters. The number of nitrogens with zero attached hydrogens (tertiary/aromatic N) is 1. The largest absolute Gasteiger partial charge is 0.457 e. The summed E-state index contributed by atoms with van der Waals surface area (Å²) in [5.41, 5.74) is 1.25. The van der Waals surface area contributed by atoms with Gasteiger partial charge >= 0.3 is 0 Å². The molecule has 0 radical (unpaired) electrons. The lowest BCUT2D eigenvalue weighted by molar-refractivity contribution is -0.705. The van der Waals surface area contributed by atoms with Crippen molar-refractivity contribution in [3.63, 3.8) is 0 Å². The Morgan fingerprint density at radius 1 is 0.926 bits per heavy atom. The van der Waals surface area contributed by atoms with Crippen LogP contribution >= 0.6 is 0 Å². The Balaban J connectivity index is 1.65. The van der Waals surface area contributed by atoms with E-state index in [1.807, 2.05) is 30.3 Å². The number of pyridine rings is 1. The summed E-state index contributed by atoms with van der Waals surface area (Å²) in [5.74, 6) is 1.24. The van der Waals surface area contributed by atoms with E-state index in [0.717, 1.165) is 5.75 Å². The topological polar surface area (TPSA) is 59.3 Å². The van der Waals surface area contributed by atoms with Crippen molar-refractivity contribution in [3.8, 4) is 11.5 Å². The molecule has 5 nitrogen and oxygen atoms in total. The van der Waals surface area contributed by atoms with Gasteiger partial charge in [-0.2, -0.15) is 4.57 Å². The average molecular weight is 361 g/mol. The Morgan fingerprint density at radius 3 is 2.26 bits per heavy atom. The van der Waals surface area contributed by atoms with E-state index in [1.54, 1.807) is 60.3 Å². The van der Waals surface area contributed by atoms with Crippen LogP contribution in [0.15, 0.2) is 79.1 Å². The molecule has 5 heteroatoms. The second kappa shape index (κ2) is 8.27. The lowest BCUT2D eigenvalue weighted by Crippen LogP contribution is -2.44. The molecule has 0 aliphatic rings. The number of ether oxygens (including phenoxy) is 1. The number of anilines is 1. The van der Waals surface area contributed by atoms with Crippen molar-refractivity contribution in [3.05, 3.63) is 84.7 Å². The van der Waals surface area contributed by atoms with Crippen LogP contribution in [0.2, 0.25) is 0 Å². The number of rotatable bonds is 6. The number of hydrogen-bond donors (Lipinski definition) is 1. The average Bonchev–Trinajstić information content (AvgIpc) is 2.69. The first kappa shape index (κ1) is 18.3. The predicted octanol–water partition coefficient (Wildman–Crippen LogP) is 4.17. The number of ketones is 1. The molecular weight excluding hydrogens is 340 g/mol. The van der Waals surface area contributed by atoms with Gasteiger partial charge in [0, 0.05) is 18.7 Å². The van der Waals surface area contributed by atoms with Crippen molar-refractivity contribution < 1.29 is 18.9 Å². The summed E-state index contributed by atoms with van der Waals surface area (Å²) in [7, 11) is 0. The van der Waals surface area contributed by atoms with Crippen LogP contribution in [0.25, 0.3) is 0 Å². The van der Waals surface area contributed by atoms with E-state index in [1.165, 1.54) is 6.92 Å². The Morgan fingerprint density at radius 2 is 1.59 bits per heavy atom. The Kier molecular flexibility index (Phi) is 5.61. The molecule has 27 heavy (non-hydrogen) atoms. The van der Waals surface area contributed by atoms with Gasteiger partial charge in [0.25, 0.3) is 5.91 Å². The first-order valence-electron chi connectivity index (χ1n) is 8.68. The summed E-state index contributed by atoms with van der Waals surface area (Å²) in [5, 5.41) is 2.88. The van der Waals surface area contributed by atoms with Gasteiger partial charge in [0.05, 0.1) is 5.56 Å². The van der Waals surface area contributed by atoms with Gasteiger partial charge in [-0.05, 0) is 49.4 Å². The Labute approximate surface area is 158 Å². The third-order valence-electron chi connectivity index (χ3n) is 4.16. The molecule has 1 atom stereocenters. The SMILES string of the molecule is CC(=O)c1ccc[n+]([C@@H](C)C(=O)Nc2ccc(Oc3ccccc3)cc2)c1. The second-order valence-electron chi connectivity index (χ2n) is 6.20. The number of para-hydroxylation sites is 1. The van der Waals surface area contributed by atoms with E-state index >= 15 is 0 Å². The third kappa shape index (κ3) is 4.79. The second-order valence-corrected chi connectivity index (χ2v) is 6.20. The number of carbonyl (C=O) groups excluding carboxylic acids is 2. The van der Waals surface area contributed by atoms with Crippen molar-refractivity contribution in [1.82, 2.24) is 0 Å². The summed E-state index contributed by atoms with van der Waals surface area (Å²) in [4.78, 5) is 24.0.